The minimum Gasteiger partial charge on any atom is -0.370 e. The summed E-state index contributed by atoms with van der Waals surface area (Å²) in [6.07, 6.45) is 13.6. The Morgan fingerprint density at radius 2 is 1.38 bits per heavy atom. The fraction of sp³-hybridized carbons (Fsp3) is 0.895. The van der Waals surface area contributed by atoms with Gasteiger partial charge in [0.2, 0.25) is 0 Å². The molecule has 0 aromatic rings. The molecule has 2 heterocycles. The summed E-state index contributed by atoms with van der Waals surface area (Å²) in [6.45, 7) is 8.17. The van der Waals surface area contributed by atoms with E-state index in [0.29, 0.717) is 5.96 Å². The average Bonchev–Trinajstić information content (AvgIpc) is 3.20. The second-order valence-electron chi connectivity index (χ2n) is 7.09. The molecule has 24 heavy (non-hydrogen) atoms. The van der Waals surface area contributed by atoms with Crippen LogP contribution in [0.25, 0.3) is 0 Å². The summed E-state index contributed by atoms with van der Waals surface area (Å²) >= 11 is 0. The first-order valence-corrected chi connectivity index (χ1v) is 10.1. The Morgan fingerprint density at radius 3 is 2.04 bits per heavy atom. The number of hydrogen-bond donors (Lipinski definition) is 1. The van der Waals surface area contributed by atoms with Crippen LogP contribution in [0.15, 0.2) is 9.98 Å². The molecule has 5 heteroatoms. The van der Waals surface area contributed by atoms with Crippen LogP contribution in [0.2, 0.25) is 0 Å². The second-order valence-corrected chi connectivity index (χ2v) is 7.09. The van der Waals surface area contributed by atoms with Gasteiger partial charge < -0.3 is 15.5 Å². The zero-order valence-corrected chi connectivity index (χ0v) is 15.7. The van der Waals surface area contributed by atoms with Crippen LogP contribution in [0.1, 0.15) is 71.1 Å². The molecule has 2 N–H and O–H groups in total. The van der Waals surface area contributed by atoms with Gasteiger partial charge in [-0.1, -0.05) is 58.3 Å². The summed E-state index contributed by atoms with van der Waals surface area (Å²) < 4.78 is 0. The van der Waals surface area contributed by atoms with Gasteiger partial charge in [-0.25, -0.2) is 0 Å². The van der Waals surface area contributed by atoms with Gasteiger partial charge in [-0.05, 0) is 6.42 Å². The van der Waals surface area contributed by atoms with Crippen molar-refractivity contribution >= 4 is 11.8 Å². The summed E-state index contributed by atoms with van der Waals surface area (Å²) in [4.78, 5) is 13.6. The van der Waals surface area contributed by atoms with Crippen molar-refractivity contribution in [3.63, 3.8) is 0 Å². The molecule has 0 aromatic heterocycles. The van der Waals surface area contributed by atoms with Crippen molar-refractivity contribution in [2.75, 3.05) is 39.3 Å². The molecule has 0 atom stereocenters. The third-order valence-corrected chi connectivity index (χ3v) is 5.14. The molecule has 2 rings (SSSR count). The summed E-state index contributed by atoms with van der Waals surface area (Å²) in [6, 6.07) is 0. The molecular formula is C19H37N5. The number of nitrogens with zero attached hydrogens (tertiary/aromatic N) is 4. The Kier molecular flexibility index (Phi) is 9.00. The van der Waals surface area contributed by atoms with Gasteiger partial charge in [0.25, 0.3) is 0 Å². The van der Waals surface area contributed by atoms with E-state index >= 15 is 0 Å². The van der Waals surface area contributed by atoms with Crippen molar-refractivity contribution in [3.05, 3.63) is 0 Å². The highest BCUT2D eigenvalue weighted by Crippen LogP contribution is 2.13. The lowest BCUT2D eigenvalue weighted by Crippen LogP contribution is -2.41. The van der Waals surface area contributed by atoms with Crippen LogP contribution in [-0.2, 0) is 0 Å². The van der Waals surface area contributed by atoms with Gasteiger partial charge in [0, 0.05) is 32.6 Å². The van der Waals surface area contributed by atoms with Crippen molar-refractivity contribution in [1.29, 1.82) is 0 Å². The molecule has 2 aliphatic rings. The minimum atomic E-state index is 0.714. The Balaban J connectivity index is 1.50. The van der Waals surface area contributed by atoms with Gasteiger partial charge in [-0.3, -0.25) is 9.98 Å². The van der Waals surface area contributed by atoms with E-state index in [1.165, 1.54) is 63.6 Å². The molecule has 0 radical (unpaired) electrons. The fourth-order valence-corrected chi connectivity index (χ4v) is 3.57. The van der Waals surface area contributed by atoms with Gasteiger partial charge in [-0.2, -0.15) is 0 Å². The average molecular weight is 336 g/mol. The van der Waals surface area contributed by atoms with Crippen molar-refractivity contribution in [2.45, 2.75) is 71.1 Å². The third-order valence-electron chi connectivity index (χ3n) is 5.14. The van der Waals surface area contributed by atoms with Crippen molar-refractivity contribution in [3.8, 4) is 0 Å². The molecule has 0 fully saturated rings. The largest absolute Gasteiger partial charge is 0.370 e. The molecule has 2 aliphatic heterocycles. The number of rotatable bonds is 13. The van der Waals surface area contributed by atoms with E-state index in [-0.39, 0.29) is 0 Å². The van der Waals surface area contributed by atoms with Crippen LogP contribution in [-0.4, -0.2) is 60.9 Å². The SMILES string of the molecule is CCCCCCCCCCCC1=NCCN1CCN1CCN=C1N. The van der Waals surface area contributed by atoms with Crippen molar-refractivity contribution < 1.29 is 0 Å². The highest BCUT2D eigenvalue weighted by atomic mass is 15.3. The van der Waals surface area contributed by atoms with Gasteiger partial charge in [0.05, 0.1) is 18.9 Å². The van der Waals surface area contributed by atoms with Gasteiger partial charge in [-0.15, -0.1) is 0 Å². The van der Waals surface area contributed by atoms with E-state index in [1.807, 2.05) is 0 Å². The van der Waals surface area contributed by atoms with E-state index in [1.54, 1.807) is 0 Å². The maximum Gasteiger partial charge on any atom is 0.191 e. The number of amidine groups is 1. The lowest BCUT2D eigenvalue weighted by atomic mass is 10.1. The molecule has 0 spiro atoms. The van der Waals surface area contributed by atoms with Crippen LogP contribution < -0.4 is 5.73 Å². The van der Waals surface area contributed by atoms with E-state index in [9.17, 15) is 0 Å². The van der Waals surface area contributed by atoms with E-state index in [4.69, 9.17) is 10.7 Å². The molecule has 0 unspecified atom stereocenters. The maximum atomic E-state index is 5.89. The zero-order chi connectivity index (χ0) is 17.0. The first-order chi connectivity index (χ1) is 11.8. The lowest BCUT2D eigenvalue weighted by Gasteiger charge is -2.24. The molecule has 0 aliphatic carbocycles. The maximum absolute atomic E-state index is 5.89. The predicted molar refractivity (Wildman–Crippen MR) is 104 cm³/mol. The number of aliphatic imine (C=N–C) groups is 2. The highest BCUT2D eigenvalue weighted by molar-refractivity contribution is 5.84. The topological polar surface area (TPSA) is 57.2 Å². The zero-order valence-electron chi connectivity index (χ0n) is 15.7. The van der Waals surface area contributed by atoms with Gasteiger partial charge >= 0.3 is 0 Å². The molecule has 0 aromatic carbocycles. The van der Waals surface area contributed by atoms with E-state index in [0.717, 1.165) is 45.7 Å². The van der Waals surface area contributed by atoms with Crippen molar-refractivity contribution in [2.24, 2.45) is 15.7 Å². The third kappa shape index (κ3) is 6.70. The monoisotopic (exact) mass is 335 g/mol. The van der Waals surface area contributed by atoms with Gasteiger partial charge in [0.15, 0.2) is 5.96 Å². The molecule has 0 saturated heterocycles. The smallest absolute Gasteiger partial charge is 0.191 e. The standard InChI is InChI=1S/C19H37N5/c1-2-3-4-5-6-7-8-9-10-11-18-21-12-14-23(18)16-17-24-15-13-22-19(24)20/h2-17H2,1H3,(H2,20,22). The predicted octanol–water partition coefficient (Wildman–Crippen LogP) is 3.25. The number of hydrogen-bond acceptors (Lipinski definition) is 5. The molecule has 0 bridgehead atoms. The van der Waals surface area contributed by atoms with Crippen LogP contribution in [0, 0.1) is 0 Å². The summed E-state index contributed by atoms with van der Waals surface area (Å²) in [5.74, 6) is 2.04. The van der Waals surface area contributed by atoms with Crippen LogP contribution in [0.4, 0.5) is 0 Å². The van der Waals surface area contributed by atoms with E-state index in [2.05, 4.69) is 21.7 Å². The quantitative estimate of drug-likeness (QED) is 0.526. The molecule has 0 saturated carbocycles. The Hall–Kier alpha value is -1.26. The van der Waals surface area contributed by atoms with Crippen LogP contribution >= 0.6 is 0 Å². The van der Waals surface area contributed by atoms with Crippen LogP contribution in [0.3, 0.4) is 0 Å². The number of nitrogens with two attached hydrogens (primary N) is 1. The molecular weight excluding hydrogens is 298 g/mol. The van der Waals surface area contributed by atoms with Crippen molar-refractivity contribution in [1.82, 2.24) is 9.80 Å². The van der Waals surface area contributed by atoms with Crippen LogP contribution in [0.5, 0.6) is 0 Å². The minimum absolute atomic E-state index is 0.714. The molecule has 0 amide bonds. The first-order valence-electron chi connectivity index (χ1n) is 10.1. The van der Waals surface area contributed by atoms with E-state index < -0.39 is 0 Å². The second kappa shape index (κ2) is 11.3. The summed E-state index contributed by atoms with van der Waals surface area (Å²) in [7, 11) is 0. The Morgan fingerprint density at radius 1 is 0.792 bits per heavy atom. The Labute approximate surface area is 148 Å². The molecule has 138 valence electrons. The lowest BCUT2D eigenvalue weighted by molar-refractivity contribution is 0.364. The first kappa shape index (κ1) is 19.1. The Bertz CT molecular complexity index is 405. The molecule has 5 nitrogen and oxygen atoms in total. The summed E-state index contributed by atoms with van der Waals surface area (Å²) in [5.41, 5.74) is 5.89. The normalized spacial score (nSPS) is 17.5. The highest BCUT2D eigenvalue weighted by Gasteiger charge is 2.19. The summed E-state index contributed by atoms with van der Waals surface area (Å²) in [5, 5.41) is 0. The van der Waals surface area contributed by atoms with Gasteiger partial charge in [0.1, 0.15) is 0 Å². The number of guanidine groups is 1. The fourth-order valence-electron chi connectivity index (χ4n) is 3.57. The number of unbranched alkanes of at least 4 members (excludes halogenated alkanes) is 8.